The molecule has 0 aliphatic rings. The van der Waals surface area contributed by atoms with Gasteiger partial charge in [-0.2, -0.15) is 0 Å². The van der Waals surface area contributed by atoms with Crippen LogP contribution in [0.25, 0.3) is 0 Å². The molecule has 0 aliphatic heterocycles. The third-order valence-corrected chi connectivity index (χ3v) is 4.36. The van der Waals surface area contributed by atoms with Gasteiger partial charge in [0.15, 0.2) is 0 Å². The molecule has 1 aromatic heterocycles. The first-order valence-corrected chi connectivity index (χ1v) is 8.22. The van der Waals surface area contributed by atoms with Crippen LogP contribution in [0.2, 0.25) is 20.2 Å². The van der Waals surface area contributed by atoms with Gasteiger partial charge in [-0.25, -0.2) is 4.98 Å². The van der Waals surface area contributed by atoms with E-state index in [-0.39, 0.29) is 40.6 Å². The minimum atomic E-state index is -0.371. The molecule has 0 fully saturated rings. The van der Waals surface area contributed by atoms with E-state index in [0.717, 1.165) is 0 Å². The summed E-state index contributed by atoms with van der Waals surface area (Å²) in [5.41, 5.74) is 0.657. The zero-order valence-electron chi connectivity index (χ0n) is 12.1. The van der Waals surface area contributed by atoms with E-state index in [0.29, 0.717) is 15.6 Å². The van der Waals surface area contributed by atoms with Crippen molar-refractivity contribution in [3.05, 3.63) is 61.8 Å². The van der Waals surface area contributed by atoms with Crippen molar-refractivity contribution in [1.29, 1.82) is 0 Å². The SMILES string of the molecule is O=C(NCCNC(=O)c1cnc(Cl)c(Cl)c1)c1ccc(Cl)c(Cl)c1. The van der Waals surface area contributed by atoms with Crippen molar-refractivity contribution in [2.24, 2.45) is 0 Å². The molecule has 5 nitrogen and oxygen atoms in total. The molecule has 24 heavy (non-hydrogen) atoms. The average molecular weight is 407 g/mol. The van der Waals surface area contributed by atoms with E-state index in [2.05, 4.69) is 15.6 Å². The van der Waals surface area contributed by atoms with Gasteiger partial charge in [-0.05, 0) is 24.3 Å². The van der Waals surface area contributed by atoms with Crippen LogP contribution in [0.4, 0.5) is 0 Å². The third kappa shape index (κ3) is 4.98. The number of nitrogens with one attached hydrogen (secondary N) is 2. The smallest absolute Gasteiger partial charge is 0.252 e. The zero-order chi connectivity index (χ0) is 17.7. The number of hydrogen-bond acceptors (Lipinski definition) is 3. The molecular formula is C15H11Cl4N3O2. The van der Waals surface area contributed by atoms with E-state index in [1.165, 1.54) is 24.4 Å². The van der Waals surface area contributed by atoms with Gasteiger partial charge in [0.25, 0.3) is 11.8 Å². The van der Waals surface area contributed by atoms with E-state index in [4.69, 9.17) is 46.4 Å². The molecule has 1 aromatic carbocycles. The van der Waals surface area contributed by atoms with Crippen molar-refractivity contribution in [1.82, 2.24) is 15.6 Å². The van der Waals surface area contributed by atoms with Crippen LogP contribution in [0, 0.1) is 0 Å². The van der Waals surface area contributed by atoms with Gasteiger partial charge in [0.2, 0.25) is 0 Å². The highest BCUT2D eigenvalue weighted by Gasteiger charge is 2.10. The lowest BCUT2D eigenvalue weighted by molar-refractivity contribution is 0.0927. The lowest BCUT2D eigenvalue weighted by Gasteiger charge is -2.08. The maximum atomic E-state index is 11.9. The molecule has 1 heterocycles. The predicted octanol–water partition coefficient (Wildman–Crippen LogP) is 3.86. The highest BCUT2D eigenvalue weighted by atomic mass is 35.5. The second kappa shape index (κ2) is 8.53. The Morgan fingerprint density at radius 1 is 0.833 bits per heavy atom. The molecule has 0 atom stereocenters. The van der Waals surface area contributed by atoms with Gasteiger partial charge in [-0.1, -0.05) is 46.4 Å². The number of benzene rings is 1. The van der Waals surface area contributed by atoms with Gasteiger partial charge in [-0.3, -0.25) is 9.59 Å². The van der Waals surface area contributed by atoms with E-state index in [1.54, 1.807) is 6.07 Å². The number of amides is 2. The first-order valence-electron chi connectivity index (χ1n) is 6.71. The van der Waals surface area contributed by atoms with E-state index in [9.17, 15) is 9.59 Å². The molecule has 0 saturated carbocycles. The van der Waals surface area contributed by atoms with Gasteiger partial charge in [0.1, 0.15) is 5.15 Å². The Kier molecular flexibility index (Phi) is 6.69. The summed E-state index contributed by atoms with van der Waals surface area (Å²) in [7, 11) is 0. The maximum absolute atomic E-state index is 11.9. The fraction of sp³-hybridized carbons (Fsp3) is 0.133. The standard InChI is InChI=1S/C15H11Cl4N3O2/c16-10-2-1-8(5-11(10)17)14(23)20-3-4-21-15(24)9-6-12(18)13(19)22-7-9/h1-2,5-7H,3-4H2,(H,20,23)(H,21,24). The van der Waals surface area contributed by atoms with Crippen LogP contribution in [0.3, 0.4) is 0 Å². The monoisotopic (exact) mass is 405 g/mol. The van der Waals surface area contributed by atoms with Gasteiger partial charge < -0.3 is 10.6 Å². The number of aromatic nitrogens is 1. The maximum Gasteiger partial charge on any atom is 0.252 e. The van der Waals surface area contributed by atoms with E-state index in [1.807, 2.05) is 0 Å². The van der Waals surface area contributed by atoms with Crippen LogP contribution in [0.5, 0.6) is 0 Å². The normalized spacial score (nSPS) is 10.3. The lowest BCUT2D eigenvalue weighted by atomic mass is 10.2. The Bertz CT molecular complexity index is 718. The Morgan fingerprint density at radius 2 is 1.42 bits per heavy atom. The summed E-state index contributed by atoms with van der Waals surface area (Å²) < 4.78 is 0. The quantitative estimate of drug-likeness (QED) is 0.585. The molecule has 2 amide bonds. The molecule has 0 unspecified atom stereocenters. The molecule has 0 spiro atoms. The second-order valence-electron chi connectivity index (χ2n) is 4.64. The first-order chi connectivity index (χ1) is 11.4. The zero-order valence-corrected chi connectivity index (χ0v) is 15.1. The highest BCUT2D eigenvalue weighted by Crippen LogP contribution is 2.22. The topological polar surface area (TPSA) is 71.1 Å². The van der Waals surface area contributed by atoms with Crippen molar-refractivity contribution in [3.63, 3.8) is 0 Å². The summed E-state index contributed by atoms with van der Waals surface area (Å²) in [6.07, 6.45) is 1.32. The van der Waals surface area contributed by atoms with Gasteiger partial charge in [0.05, 0.1) is 20.6 Å². The Morgan fingerprint density at radius 3 is 2.00 bits per heavy atom. The van der Waals surface area contributed by atoms with E-state index >= 15 is 0 Å². The van der Waals surface area contributed by atoms with Crippen LogP contribution >= 0.6 is 46.4 Å². The third-order valence-electron chi connectivity index (χ3n) is 2.94. The van der Waals surface area contributed by atoms with Crippen LogP contribution in [0.1, 0.15) is 20.7 Å². The molecule has 126 valence electrons. The number of carbonyl (C=O) groups excluding carboxylic acids is 2. The molecule has 0 aliphatic carbocycles. The summed E-state index contributed by atoms with van der Waals surface area (Å²) in [6.45, 7) is 0.464. The summed E-state index contributed by atoms with van der Waals surface area (Å²) in [6, 6.07) is 5.99. The number of rotatable bonds is 5. The minimum Gasteiger partial charge on any atom is -0.350 e. The molecule has 9 heteroatoms. The second-order valence-corrected chi connectivity index (χ2v) is 6.22. The summed E-state index contributed by atoms with van der Waals surface area (Å²) in [4.78, 5) is 27.6. The van der Waals surface area contributed by atoms with Crippen molar-refractivity contribution in [2.45, 2.75) is 0 Å². The largest absolute Gasteiger partial charge is 0.350 e. The van der Waals surface area contributed by atoms with E-state index < -0.39 is 0 Å². The number of nitrogens with zero attached hydrogens (tertiary/aromatic N) is 1. The van der Waals surface area contributed by atoms with Gasteiger partial charge in [0, 0.05) is 24.8 Å². The molecule has 2 rings (SSSR count). The van der Waals surface area contributed by atoms with Crippen molar-refractivity contribution < 1.29 is 9.59 Å². The molecule has 2 N–H and O–H groups in total. The van der Waals surface area contributed by atoms with Crippen LogP contribution in [-0.4, -0.2) is 29.9 Å². The number of pyridine rings is 1. The Balaban J connectivity index is 1.81. The van der Waals surface area contributed by atoms with Crippen LogP contribution < -0.4 is 10.6 Å². The number of hydrogen-bond donors (Lipinski definition) is 2. The first kappa shape index (κ1) is 18.8. The predicted molar refractivity (Wildman–Crippen MR) is 95.4 cm³/mol. The van der Waals surface area contributed by atoms with Gasteiger partial charge >= 0.3 is 0 Å². The highest BCUT2D eigenvalue weighted by molar-refractivity contribution is 6.42. The molecule has 2 aromatic rings. The Hall–Kier alpha value is -1.53. The molecule has 0 radical (unpaired) electrons. The van der Waals surface area contributed by atoms with Crippen molar-refractivity contribution in [2.75, 3.05) is 13.1 Å². The number of halogens is 4. The van der Waals surface area contributed by atoms with Crippen molar-refractivity contribution >= 4 is 58.2 Å². The number of carbonyl (C=O) groups is 2. The average Bonchev–Trinajstić information content (AvgIpc) is 2.56. The summed E-state index contributed by atoms with van der Waals surface area (Å²) in [5, 5.41) is 6.27. The molecule has 0 saturated heterocycles. The summed E-state index contributed by atoms with van der Waals surface area (Å²) in [5.74, 6) is -0.691. The fourth-order valence-electron chi connectivity index (χ4n) is 1.74. The molecular weight excluding hydrogens is 396 g/mol. The minimum absolute atomic E-state index is 0.127. The van der Waals surface area contributed by atoms with Crippen molar-refractivity contribution in [3.8, 4) is 0 Å². The van der Waals surface area contributed by atoms with Crippen LogP contribution in [-0.2, 0) is 0 Å². The van der Waals surface area contributed by atoms with Gasteiger partial charge in [-0.15, -0.1) is 0 Å². The van der Waals surface area contributed by atoms with Crippen LogP contribution in [0.15, 0.2) is 30.5 Å². The summed E-state index contributed by atoms with van der Waals surface area (Å²) >= 11 is 23.1. The fourth-order valence-corrected chi connectivity index (χ4v) is 2.31. The lowest BCUT2D eigenvalue weighted by Crippen LogP contribution is -2.34. The molecule has 0 bridgehead atoms. The Labute approximate surface area is 158 Å².